The Balaban J connectivity index is 1.92. The fourth-order valence-corrected chi connectivity index (χ4v) is 2.89. The topological polar surface area (TPSA) is 25.5 Å². The van der Waals surface area contributed by atoms with Crippen LogP contribution in [0.2, 0.25) is 0 Å². The summed E-state index contributed by atoms with van der Waals surface area (Å²) in [6.45, 7) is 4.18. The lowest BCUT2D eigenvalue weighted by molar-refractivity contribution is 0.670. The Kier molecular flexibility index (Phi) is 3.01. The van der Waals surface area contributed by atoms with E-state index < -0.39 is 0 Å². The molecule has 1 aromatic heterocycles. The molecule has 0 unspecified atom stereocenters. The summed E-state index contributed by atoms with van der Waals surface area (Å²) >= 11 is 0. The largest absolute Gasteiger partial charge is 0.455 e. The minimum absolute atomic E-state index is 0.648. The number of nitrogens with zero attached hydrogens (tertiary/aromatic N) is 1. The van der Waals surface area contributed by atoms with E-state index in [4.69, 9.17) is 4.42 Å². The third-order valence-corrected chi connectivity index (χ3v) is 3.96. The smallest absolute Gasteiger partial charge is 0.143 e. The molecule has 0 spiro atoms. The van der Waals surface area contributed by atoms with Crippen LogP contribution >= 0.6 is 0 Å². The molecule has 0 aliphatic rings. The molecule has 3 aromatic carbocycles. The number of hydrogen-bond donors (Lipinski definition) is 0. The molecule has 22 heavy (non-hydrogen) atoms. The number of para-hydroxylation sites is 2. The molecule has 4 aromatic rings. The third kappa shape index (κ3) is 2.01. The highest BCUT2D eigenvalue weighted by atomic mass is 16.3. The maximum Gasteiger partial charge on any atom is 0.143 e. The summed E-state index contributed by atoms with van der Waals surface area (Å²) in [4.78, 5) is 3.92. The van der Waals surface area contributed by atoms with Crippen molar-refractivity contribution in [3.05, 3.63) is 72.3 Å². The van der Waals surface area contributed by atoms with E-state index in [1.165, 1.54) is 0 Å². The minimum Gasteiger partial charge on any atom is -0.455 e. The second-order valence-corrected chi connectivity index (χ2v) is 5.36. The second-order valence-electron chi connectivity index (χ2n) is 5.36. The van der Waals surface area contributed by atoms with Gasteiger partial charge in [0.25, 0.3) is 0 Å². The molecule has 0 fully saturated rings. The Morgan fingerprint density at radius 3 is 2.41 bits per heavy atom. The molecule has 0 radical (unpaired) electrons. The van der Waals surface area contributed by atoms with Crippen molar-refractivity contribution < 1.29 is 4.42 Å². The molecule has 0 N–H and O–H groups in total. The first-order valence-electron chi connectivity index (χ1n) is 7.29. The van der Waals surface area contributed by atoms with Gasteiger partial charge in [0.15, 0.2) is 0 Å². The first kappa shape index (κ1) is 12.8. The molecular formula is C20H15NO. The van der Waals surface area contributed by atoms with Crippen LogP contribution in [0.3, 0.4) is 0 Å². The Bertz CT molecular complexity index is 964. The van der Waals surface area contributed by atoms with Crippen molar-refractivity contribution in [3.8, 4) is 11.1 Å². The highest BCUT2D eigenvalue weighted by molar-refractivity contribution is 6.09. The Morgan fingerprint density at radius 2 is 1.59 bits per heavy atom. The minimum atomic E-state index is 0.648. The summed E-state index contributed by atoms with van der Waals surface area (Å²) in [7, 11) is 0. The van der Waals surface area contributed by atoms with Crippen LogP contribution in [0.25, 0.3) is 33.1 Å². The summed E-state index contributed by atoms with van der Waals surface area (Å²) in [5, 5.41) is 2.32. The third-order valence-electron chi connectivity index (χ3n) is 3.96. The van der Waals surface area contributed by atoms with Crippen molar-refractivity contribution >= 4 is 28.7 Å². The Hall–Kier alpha value is -2.87. The summed E-state index contributed by atoms with van der Waals surface area (Å²) < 4.78 is 6.09. The molecule has 2 heteroatoms. The molecule has 1 heterocycles. The molecule has 106 valence electrons. The maximum atomic E-state index is 6.09. The van der Waals surface area contributed by atoms with Crippen molar-refractivity contribution in [1.29, 1.82) is 0 Å². The van der Waals surface area contributed by atoms with Crippen LogP contribution < -0.4 is 0 Å². The molecule has 0 saturated carbocycles. The summed E-state index contributed by atoms with van der Waals surface area (Å²) in [5.74, 6) is 0. The molecule has 4 rings (SSSR count). The molecule has 0 aliphatic carbocycles. The van der Waals surface area contributed by atoms with E-state index in [-0.39, 0.29) is 0 Å². The molecule has 0 saturated heterocycles. The second kappa shape index (κ2) is 5.15. The summed E-state index contributed by atoms with van der Waals surface area (Å²) in [6, 6.07) is 22.9. The normalized spacial score (nSPS) is 11.1. The first-order chi connectivity index (χ1) is 10.9. The SMILES string of the molecule is C=NCc1ccc(-c2cccc3c2oc2ccccc23)cc1. The predicted molar refractivity (Wildman–Crippen MR) is 92.4 cm³/mol. The number of aliphatic imine (C=N–C) groups is 1. The molecule has 0 aliphatic heterocycles. The zero-order valence-electron chi connectivity index (χ0n) is 12.1. The number of furan rings is 1. The van der Waals surface area contributed by atoms with Crippen molar-refractivity contribution in [1.82, 2.24) is 0 Å². The van der Waals surface area contributed by atoms with E-state index in [9.17, 15) is 0 Å². The maximum absolute atomic E-state index is 6.09. The molecule has 0 atom stereocenters. The lowest BCUT2D eigenvalue weighted by atomic mass is 10.0. The molecular weight excluding hydrogens is 270 g/mol. The van der Waals surface area contributed by atoms with E-state index in [1.807, 2.05) is 18.2 Å². The molecule has 2 nitrogen and oxygen atoms in total. The van der Waals surface area contributed by atoms with Crippen molar-refractivity contribution in [2.45, 2.75) is 6.54 Å². The van der Waals surface area contributed by atoms with Gasteiger partial charge in [0.1, 0.15) is 11.2 Å². The average Bonchev–Trinajstić information content (AvgIpc) is 2.95. The van der Waals surface area contributed by atoms with Crippen LogP contribution in [-0.2, 0) is 6.54 Å². The number of fused-ring (bicyclic) bond motifs is 3. The van der Waals surface area contributed by atoms with Crippen LogP contribution in [0.15, 0.2) is 76.1 Å². The van der Waals surface area contributed by atoms with Crippen molar-refractivity contribution in [3.63, 3.8) is 0 Å². The van der Waals surface area contributed by atoms with Gasteiger partial charge in [-0.05, 0) is 23.9 Å². The quantitative estimate of drug-likeness (QED) is 0.459. The lowest BCUT2D eigenvalue weighted by Crippen LogP contribution is -1.83. The van der Waals surface area contributed by atoms with E-state index in [2.05, 4.69) is 60.2 Å². The van der Waals surface area contributed by atoms with Gasteiger partial charge in [0.05, 0.1) is 6.54 Å². The Morgan fingerprint density at radius 1 is 0.818 bits per heavy atom. The van der Waals surface area contributed by atoms with Gasteiger partial charge >= 0.3 is 0 Å². The van der Waals surface area contributed by atoms with Crippen LogP contribution in [0.1, 0.15) is 5.56 Å². The summed E-state index contributed by atoms with van der Waals surface area (Å²) in [5.41, 5.74) is 5.30. The zero-order valence-corrected chi connectivity index (χ0v) is 12.1. The monoisotopic (exact) mass is 285 g/mol. The standard InChI is InChI=1S/C20H15NO/c1-21-13-14-9-11-15(12-10-14)16-6-4-7-18-17-5-2-3-8-19(17)22-20(16)18/h2-12H,1,13H2. The van der Waals surface area contributed by atoms with Gasteiger partial charge in [-0.2, -0.15) is 0 Å². The van der Waals surface area contributed by atoms with E-state index in [1.54, 1.807) is 0 Å². The highest BCUT2D eigenvalue weighted by Gasteiger charge is 2.11. The van der Waals surface area contributed by atoms with Gasteiger partial charge in [-0.15, -0.1) is 0 Å². The van der Waals surface area contributed by atoms with Crippen molar-refractivity contribution in [2.24, 2.45) is 4.99 Å². The van der Waals surface area contributed by atoms with Gasteiger partial charge in [0.2, 0.25) is 0 Å². The van der Waals surface area contributed by atoms with Gasteiger partial charge in [0, 0.05) is 16.3 Å². The van der Waals surface area contributed by atoms with Crippen LogP contribution in [-0.4, -0.2) is 6.72 Å². The van der Waals surface area contributed by atoms with Crippen LogP contribution in [0.5, 0.6) is 0 Å². The average molecular weight is 285 g/mol. The summed E-state index contributed by atoms with van der Waals surface area (Å²) in [6.07, 6.45) is 0. The highest BCUT2D eigenvalue weighted by Crippen LogP contribution is 2.35. The van der Waals surface area contributed by atoms with Gasteiger partial charge in [-0.3, -0.25) is 4.99 Å². The van der Waals surface area contributed by atoms with E-state index >= 15 is 0 Å². The number of rotatable bonds is 3. The van der Waals surface area contributed by atoms with Gasteiger partial charge in [-0.25, -0.2) is 0 Å². The van der Waals surface area contributed by atoms with E-state index in [0.29, 0.717) is 6.54 Å². The van der Waals surface area contributed by atoms with Crippen molar-refractivity contribution in [2.75, 3.05) is 0 Å². The van der Waals surface area contributed by atoms with Crippen LogP contribution in [0.4, 0.5) is 0 Å². The first-order valence-corrected chi connectivity index (χ1v) is 7.29. The fourth-order valence-electron chi connectivity index (χ4n) is 2.89. The Labute approximate surface area is 128 Å². The fraction of sp³-hybridized carbons (Fsp3) is 0.0500. The predicted octanol–water partition coefficient (Wildman–Crippen LogP) is 5.45. The molecule has 0 bridgehead atoms. The molecule has 0 amide bonds. The zero-order chi connectivity index (χ0) is 14.9. The van der Waals surface area contributed by atoms with Gasteiger partial charge < -0.3 is 4.42 Å². The van der Waals surface area contributed by atoms with Crippen LogP contribution in [0, 0.1) is 0 Å². The van der Waals surface area contributed by atoms with Gasteiger partial charge in [-0.1, -0.05) is 60.7 Å². The number of hydrogen-bond acceptors (Lipinski definition) is 2. The lowest BCUT2D eigenvalue weighted by Gasteiger charge is -2.04. The van der Waals surface area contributed by atoms with E-state index in [0.717, 1.165) is 38.6 Å². The number of benzene rings is 3.